The van der Waals surface area contributed by atoms with Crippen LogP contribution in [-0.2, 0) is 4.79 Å². The molecule has 1 amide bonds. The van der Waals surface area contributed by atoms with Crippen molar-refractivity contribution in [2.24, 2.45) is 0 Å². The Balaban J connectivity index is 1.73. The summed E-state index contributed by atoms with van der Waals surface area (Å²) in [6, 6.07) is 5.58. The molecule has 0 spiro atoms. The van der Waals surface area contributed by atoms with Gasteiger partial charge < -0.3 is 15.0 Å². The molecule has 1 N–H and O–H groups in total. The molecule has 0 atom stereocenters. The van der Waals surface area contributed by atoms with E-state index in [1.807, 2.05) is 39.0 Å². The van der Waals surface area contributed by atoms with Crippen LogP contribution in [0.1, 0.15) is 26.3 Å². The number of nitrogens with zero attached hydrogens (tertiary/aromatic N) is 5. The fourth-order valence-electron chi connectivity index (χ4n) is 2.39. The van der Waals surface area contributed by atoms with Crippen molar-refractivity contribution in [1.82, 2.24) is 19.3 Å². The summed E-state index contributed by atoms with van der Waals surface area (Å²) in [5.74, 6) is 1.86. The van der Waals surface area contributed by atoms with Gasteiger partial charge in [-0.15, -0.1) is 0 Å². The predicted molar refractivity (Wildman–Crippen MR) is 110 cm³/mol. The smallest absolute Gasteiger partial charge is 0.223 e. The van der Waals surface area contributed by atoms with Gasteiger partial charge in [0, 0.05) is 25.5 Å². The maximum Gasteiger partial charge on any atom is 0.223 e. The molecule has 3 rings (SSSR count). The molecule has 9 heteroatoms. The number of hydrogen-bond acceptors (Lipinski definition) is 8. The maximum atomic E-state index is 11.5. The van der Waals surface area contributed by atoms with Crippen molar-refractivity contribution in [2.75, 3.05) is 17.3 Å². The van der Waals surface area contributed by atoms with Gasteiger partial charge in [0.25, 0.3) is 0 Å². The number of carbonyl (C=O) groups excluding carboxylic acids is 1. The molecule has 0 saturated heterocycles. The maximum absolute atomic E-state index is 11.5. The molecule has 0 fully saturated rings. The van der Waals surface area contributed by atoms with Gasteiger partial charge in [-0.1, -0.05) is 0 Å². The summed E-state index contributed by atoms with van der Waals surface area (Å²) < 4.78 is 9.95. The fraction of sp³-hybridized carbons (Fsp3) is 0.316. The second-order valence-electron chi connectivity index (χ2n) is 6.53. The van der Waals surface area contributed by atoms with Crippen LogP contribution in [0.5, 0.6) is 5.75 Å². The van der Waals surface area contributed by atoms with Crippen molar-refractivity contribution in [3.8, 4) is 17.3 Å². The standard InChI is InChI=1S/C19H22N6O2S/c1-11(2)27-15-6-7-16(20-10-15)18-23-19(28-24-18)22-17-12(3)8-14(9-21-17)25(5)13(4)26/h6-11H,1-5H3,(H,21,22,23,24). The van der Waals surface area contributed by atoms with Crippen LogP contribution in [0.25, 0.3) is 11.5 Å². The van der Waals surface area contributed by atoms with Gasteiger partial charge >= 0.3 is 0 Å². The number of pyridine rings is 2. The van der Waals surface area contributed by atoms with Gasteiger partial charge in [0.15, 0.2) is 5.82 Å². The number of hydrogen-bond donors (Lipinski definition) is 1. The quantitative estimate of drug-likeness (QED) is 0.675. The fourth-order valence-corrected chi connectivity index (χ4v) is 2.97. The van der Waals surface area contributed by atoms with E-state index in [2.05, 4.69) is 24.6 Å². The lowest BCUT2D eigenvalue weighted by atomic mass is 10.2. The Hall–Kier alpha value is -3.07. The van der Waals surface area contributed by atoms with E-state index in [1.54, 1.807) is 24.3 Å². The number of anilines is 3. The van der Waals surface area contributed by atoms with Gasteiger partial charge in [0.1, 0.15) is 17.3 Å². The molecular formula is C19H22N6O2S. The zero-order chi connectivity index (χ0) is 20.3. The predicted octanol–water partition coefficient (Wildman–Crippen LogP) is 3.82. The first-order valence-electron chi connectivity index (χ1n) is 8.78. The Labute approximate surface area is 167 Å². The third-order valence-corrected chi connectivity index (χ3v) is 4.54. The molecule has 3 heterocycles. The summed E-state index contributed by atoms with van der Waals surface area (Å²) in [7, 11) is 1.72. The Kier molecular flexibility index (Phi) is 5.84. The van der Waals surface area contributed by atoms with Gasteiger partial charge in [0.05, 0.1) is 24.2 Å². The highest BCUT2D eigenvalue weighted by Gasteiger charge is 2.12. The summed E-state index contributed by atoms with van der Waals surface area (Å²) in [5, 5.41) is 3.79. The summed E-state index contributed by atoms with van der Waals surface area (Å²) in [6.07, 6.45) is 3.41. The summed E-state index contributed by atoms with van der Waals surface area (Å²) in [4.78, 5) is 26.3. The number of carbonyl (C=O) groups is 1. The topological polar surface area (TPSA) is 93.1 Å². The average Bonchev–Trinajstić information content (AvgIpc) is 3.11. The first-order valence-corrected chi connectivity index (χ1v) is 9.55. The van der Waals surface area contributed by atoms with Gasteiger partial charge in [-0.05, 0) is 44.5 Å². The molecule has 0 unspecified atom stereocenters. The third-order valence-electron chi connectivity index (χ3n) is 3.91. The van der Waals surface area contributed by atoms with Gasteiger partial charge in [-0.3, -0.25) is 4.79 Å². The van der Waals surface area contributed by atoms with Crippen molar-refractivity contribution in [3.05, 3.63) is 36.2 Å². The molecule has 0 radical (unpaired) electrons. The Morgan fingerprint density at radius 3 is 2.64 bits per heavy atom. The Bertz CT molecular complexity index is 971. The summed E-state index contributed by atoms with van der Waals surface area (Å²) >= 11 is 1.23. The van der Waals surface area contributed by atoms with E-state index in [9.17, 15) is 4.79 Å². The minimum Gasteiger partial charge on any atom is -0.489 e. The van der Waals surface area contributed by atoms with E-state index in [0.29, 0.717) is 28.2 Å². The van der Waals surface area contributed by atoms with Gasteiger partial charge in [-0.25, -0.2) is 9.97 Å². The lowest BCUT2D eigenvalue weighted by Gasteiger charge is -2.16. The second-order valence-corrected chi connectivity index (χ2v) is 7.28. The molecule has 28 heavy (non-hydrogen) atoms. The highest BCUT2D eigenvalue weighted by molar-refractivity contribution is 7.09. The van der Waals surface area contributed by atoms with Crippen LogP contribution in [0.15, 0.2) is 30.6 Å². The number of nitrogens with one attached hydrogen (secondary N) is 1. The molecule has 0 saturated carbocycles. The summed E-state index contributed by atoms with van der Waals surface area (Å²) in [5.41, 5.74) is 2.31. The van der Waals surface area contributed by atoms with Gasteiger partial charge in [0.2, 0.25) is 11.0 Å². The Morgan fingerprint density at radius 2 is 2.04 bits per heavy atom. The van der Waals surface area contributed by atoms with Crippen LogP contribution in [0, 0.1) is 6.92 Å². The van der Waals surface area contributed by atoms with Crippen LogP contribution in [0.3, 0.4) is 0 Å². The first kappa shape index (κ1) is 19.7. The number of aryl methyl sites for hydroxylation is 1. The highest BCUT2D eigenvalue weighted by Crippen LogP contribution is 2.26. The van der Waals surface area contributed by atoms with Crippen LogP contribution in [0.4, 0.5) is 16.6 Å². The molecule has 0 bridgehead atoms. The molecule has 0 aliphatic heterocycles. The van der Waals surface area contributed by atoms with E-state index in [0.717, 1.165) is 11.3 Å². The van der Waals surface area contributed by atoms with E-state index in [1.165, 1.54) is 18.5 Å². The van der Waals surface area contributed by atoms with E-state index in [4.69, 9.17) is 4.74 Å². The van der Waals surface area contributed by atoms with Crippen molar-refractivity contribution >= 4 is 34.1 Å². The monoisotopic (exact) mass is 398 g/mol. The first-order chi connectivity index (χ1) is 13.3. The average molecular weight is 398 g/mol. The molecular weight excluding hydrogens is 376 g/mol. The zero-order valence-electron chi connectivity index (χ0n) is 16.4. The van der Waals surface area contributed by atoms with E-state index < -0.39 is 0 Å². The molecule has 8 nitrogen and oxygen atoms in total. The van der Waals surface area contributed by atoms with Crippen LogP contribution in [-0.4, -0.2) is 38.4 Å². The third kappa shape index (κ3) is 4.61. The van der Waals surface area contributed by atoms with Crippen molar-refractivity contribution < 1.29 is 9.53 Å². The van der Waals surface area contributed by atoms with Crippen LogP contribution < -0.4 is 15.0 Å². The normalized spacial score (nSPS) is 10.8. The summed E-state index contributed by atoms with van der Waals surface area (Å²) in [6.45, 7) is 7.37. The van der Waals surface area contributed by atoms with E-state index in [-0.39, 0.29) is 12.0 Å². The lowest BCUT2D eigenvalue weighted by molar-refractivity contribution is -0.116. The molecule has 0 aromatic carbocycles. The molecule has 146 valence electrons. The van der Waals surface area contributed by atoms with Crippen molar-refractivity contribution in [1.29, 1.82) is 0 Å². The number of rotatable bonds is 6. The van der Waals surface area contributed by atoms with Crippen molar-refractivity contribution in [3.63, 3.8) is 0 Å². The van der Waals surface area contributed by atoms with Gasteiger partial charge in [-0.2, -0.15) is 9.36 Å². The number of amides is 1. The van der Waals surface area contributed by atoms with Crippen LogP contribution in [0.2, 0.25) is 0 Å². The number of aromatic nitrogens is 4. The minimum atomic E-state index is -0.0482. The minimum absolute atomic E-state index is 0.0482. The second kappa shape index (κ2) is 8.30. The number of ether oxygens (including phenoxy) is 1. The zero-order valence-corrected chi connectivity index (χ0v) is 17.2. The SMILES string of the molecule is CC(=O)N(C)c1cnc(Nc2nc(-c3ccc(OC(C)C)cn3)ns2)c(C)c1. The Morgan fingerprint density at radius 1 is 1.25 bits per heavy atom. The largest absolute Gasteiger partial charge is 0.489 e. The molecule has 3 aromatic heterocycles. The van der Waals surface area contributed by atoms with E-state index >= 15 is 0 Å². The lowest BCUT2D eigenvalue weighted by Crippen LogP contribution is -2.23. The van der Waals surface area contributed by atoms with Crippen LogP contribution >= 0.6 is 11.5 Å². The molecule has 0 aliphatic rings. The molecule has 0 aliphatic carbocycles. The highest BCUT2D eigenvalue weighted by atomic mass is 32.1. The van der Waals surface area contributed by atoms with Crippen molar-refractivity contribution in [2.45, 2.75) is 33.8 Å². The molecule has 3 aromatic rings.